The molecule has 0 fully saturated rings. The van der Waals surface area contributed by atoms with Crippen molar-refractivity contribution in [3.8, 4) is 11.5 Å². The summed E-state index contributed by atoms with van der Waals surface area (Å²) in [4.78, 5) is 24.5. The maximum atomic E-state index is 12.3. The van der Waals surface area contributed by atoms with Gasteiger partial charge in [-0.25, -0.2) is 0 Å². The topological polar surface area (TPSA) is 102 Å². The Bertz CT molecular complexity index is 1010. The molecule has 0 spiro atoms. The summed E-state index contributed by atoms with van der Waals surface area (Å²) < 4.78 is 10.2. The van der Waals surface area contributed by atoms with Crippen LogP contribution in [0.15, 0.2) is 48.5 Å². The molecule has 150 valence electrons. The van der Waals surface area contributed by atoms with E-state index in [1.807, 2.05) is 0 Å². The molecule has 0 radical (unpaired) electrons. The van der Waals surface area contributed by atoms with E-state index in [1.54, 1.807) is 62.8 Å². The molecule has 0 atom stereocenters. The molecule has 3 rings (SSSR count). The first kappa shape index (κ1) is 20.3. The molecule has 0 saturated heterocycles. The predicted octanol–water partition coefficient (Wildman–Crippen LogP) is 2.78. The van der Waals surface area contributed by atoms with Gasteiger partial charge in [-0.05, 0) is 36.4 Å². The van der Waals surface area contributed by atoms with Gasteiger partial charge in [-0.2, -0.15) is 0 Å². The number of anilines is 1. The molecule has 3 aromatic rings. The molecule has 0 saturated carbocycles. The lowest BCUT2D eigenvalue weighted by atomic mass is 10.2. The summed E-state index contributed by atoms with van der Waals surface area (Å²) >= 11 is 1.26. The third-order valence-electron chi connectivity index (χ3n) is 3.98. The van der Waals surface area contributed by atoms with Gasteiger partial charge in [0.2, 0.25) is 5.13 Å². The quantitative estimate of drug-likeness (QED) is 0.590. The van der Waals surface area contributed by atoms with Gasteiger partial charge in [0.05, 0.1) is 14.2 Å². The van der Waals surface area contributed by atoms with Crippen LogP contribution in [0.4, 0.5) is 5.13 Å². The van der Waals surface area contributed by atoms with Gasteiger partial charge < -0.3 is 14.8 Å². The zero-order chi connectivity index (χ0) is 20.6. The number of carbonyl (C=O) groups is 2. The Hall–Kier alpha value is -3.46. The molecule has 29 heavy (non-hydrogen) atoms. The van der Waals surface area contributed by atoms with E-state index in [9.17, 15) is 9.59 Å². The van der Waals surface area contributed by atoms with E-state index in [1.165, 1.54) is 11.3 Å². The number of methoxy groups -OCH3 is 2. The number of hydrogen-bond donors (Lipinski definition) is 2. The maximum absolute atomic E-state index is 12.3. The van der Waals surface area contributed by atoms with Gasteiger partial charge in [0, 0.05) is 24.1 Å². The van der Waals surface area contributed by atoms with Crippen molar-refractivity contribution in [2.75, 3.05) is 26.1 Å². The van der Waals surface area contributed by atoms with Crippen molar-refractivity contribution in [1.82, 2.24) is 15.5 Å². The van der Waals surface area contributed by atoms with Gasteiger partial charge >= 0.3 is 0 Å². The number of carbonyl (C=O) groups excluding carboxylic acids is 2. The normalized spacial score (nSPS) is 10.3. The zero-order valence-corrected chi connectivity index (χ0v) is 16.8. The Kier molecular flexibility index (Phi) is 6.75. The Morgan fingerprint density at radius 2 is 1.55 bits per heavy atom. The van der Waals surface area contributed by atoms with Crippen LogP contribution < -0.4 is 20.1 Å². The minimum absolute atomic E-state index is 0.194. The van der Waals surface area contributed by atoms with Crippen LogP contribution in [0.5, 0.6) is 11.5 Å². The van der Waals surface area contributed by atoms with E-state index in [-0.39, 0.29) is 11.8 Å². The number of nitrogens with one attached hydrogen (secondary N) is 2. The lowest BCUT2D eigenvalue weighted by Crippen LogP contribution is -2.25. The van der Waals surface area contributed by atoms with Gasteiger partial charge in [-0.1, -0.05) is 23.5 Å². The van der Waals surface area contributed by atoms with Crippen molar-refractivity contribution in [3.63, 3.8) is 0 Å². The lowest BCUT2D eigenvalue weighted by molar-refractivity contribution is 0.0953. The molecule has 1 heterocycles. The molecule has 1 aromatic heterocycles. The smallest absolute Gasteiger partial charge is 0.257 e. The Labute approximate surface area is 171 Å². The van der Waals surface area contributed by atoms with Crippen LogP contribution in [-0.2, 0) is 6.42 Å². The van der Waals surface area contributed by atoms with Crippen molar-refractivity contribution < 1.29 is 19.1 Å². The van der Waals surface area contributed by atoms with Crippen molar-refractivity contribution in [2.24, 2.45) is 0 Å². The summed E-state index contributed by atoms with van der Waals surface area (Å²) in [6.07, 6.45) is 0.502. The summed E-state index contributed by atoms with van der Waals surface area (Å²) in [5, 5.41) is 14.7. The fourth-order valence-electron chi connectivity index (χ4n) is 2.49. The van der Waals surface area contributed by atoms with Gasteiger partial charge in [-0.15, -0.1) is 10.2 Å². The molecule has 0 aliphatic rings. The number of benzene rings is 2. The predicted molar refractivity (Wildman–Crippen MR) is 110 cm³/mol. The van der Waals surface area contributed by atoms with Crippen LogP contribution in [0.3, 0.4) is 0 Å². The highest BCUT2D eigenvalue weighted by Crippen LogP contribution is 2.18. The molecule has 2 N–H and O–H groups in total. The highest BCUT2D eigenvalue weighted by Gasteiger charge is 2.12. The fourth-order valence-corrected chi connectivity index (χ4v) is 3.22. The van der Waals surface area contributed by atoms with E-state index in [4.69, 9.17) is 9.47 Å². The van der Waals surface area contributed by atoms with E-state index in [2.05, 4.69) is 20.8 Å². The van der Waals surface area contributed by atoms with Gasteiger partial charge in [0.15, 0.2) is 0 Å². The van der Waals surface area contributed by atoms with E-state index < -0.39 is 0 Å². The van der Waals surface area contributed by atoms with Crippen LogP contribution in [0.25, 0.3) is 0 Å². The van der Waals surface area contributed by atoms with Crippen LogP contribution in [0.2, 0.25) is 0 Å². The fraction of sp³-hybridized carbons (Fsp3) is 0.200. The van der Waals surface area contributed by atoms with Crippen molar-refractivity contribution in [2.45, 2.75) is 6.42 Å². The molecule has 0 aliphatic heterocycles. The molecular formula is C20H20N4O4S. The largest absolute Gasteiger partial charge is 0.497 e. The summed E-state index contributed by atoms with van der Waals surface area (Å²) in [6, 6.07) is 13.8. The third-order valence-corrected chi connectivity index (χ3v) is 4.87. The highest BCUT2D eigenvalue weighted by molar-refractivity contribution is 7.15. The molecular weight excluding hydrogens is 392 g/mol. The van der Waals surface area contributed by atoms with Crippen LogP contribution in [0, 0.1) is 0 Å². The lowest BCUT2D eigenvalue weighted by Gasteiger charge is -2.05. The van der Waals surface area contributed by atoms with Crippen LogP contribution in [0.1, 0.15) is 25.7 Å². The second-order valence-corrected chi connectivity index (χ2v) is 6.99. The van der Waals surface area contributed by atoms with Crippen molar-refractivity contribution in [3.05, 3.63) is 64.7 Å². The Morgan fingerprint density at radius 3 is 2.17 bits per heavy atom. The molecule has 8 nitrogen and oxygen atoms in total. The first-order chi connectivity index (χ1) is 14.1. The number of hydrogen-bond acceptors (Lipinski definition) is 7. The zero-order valence-electron chi connectivity index (χ0n) is 16.0. The Morgan fingerprint density at radius 1 is 0.931 bits per heavy atom. The SMILES string of the molecule is COc1cccc(C(=O)NCCc2nnc(NC(=O)c3cccc(OC)c3)s2)c1. The summed E-state index contributed by atoms with van der Waals surface area (Å²) in [5.74, 6) is 0.735. The van der Waals surface area contributed by atoms with Crippen molar-refractivity contribution >= 4 is 28.3 Å². The van der Waals surface area contributed by atoms with E-state index >= 15 is 0 Å². The number of amides is 2. The van der Waals surface area contributed by atoms with Crippen LogP contribution in [-0.4, -0.2) is 42.8 Å². The van der Waals surface area contributed by atoms with Crippen molar-refractivity contribution in [1.29, 1.82) is 0 Å². The average molecular weight is 412 g/mol. The first-order valence-electron chi connectivity index (χ1n) is 8.79. The average Bonchev–Trinajstić information content (AvgIpc) is 3.20. The second kappa shape index (κ2) is 9.65. The molecule has 0 aliphatic carbocycles. The minimum Gasteiger partial charge on any atom is -0.497 e. The van der Waals surface area contributed by atoms with Gasteiger partial charge in [0.1, 0.15) is 16.5 Å². The summed E-state index contributed by atoms with van der Waals surface area (Å²) in [6.45, 7) is 0.397. The number of nitrogens with zero attached hydrogens (tertiary/aromatic N) is 2. The number of ether oxygens (including phenoxy) is 2. The molecule has 0 bridgehead atoms. The third kappa shape index (κ3) is 5.52. The molecule has 2 amide bonds. The maximum Gasteiger partial charge on any atom is 0.257 e. The number of aromatic nitrogens is 2. The first-order valence-corrected chi connectivity index (χ1v) is 9.60. The second-order valence-electron chi connectivity index (χ2n) is 5.92. The van der Waals surface area contributed by atoms with Crippen LogP contribution >= 0.6 is 11.3 Å². The summed E-state index contributed by atoms with van der Waals surface area (Å²) in [5.41, 5.74) is 0.986. The van der Waals surface area contributed by atoms with E-state index in [0.29, 0.717) is 45.7 Å². The molecule has 0 unspecified atom stereocenters. The summed E-state index contributed by atoms with van der Waals surface area (Å²) in [7, 11) is 3.10. The van der Waals surface area contributed by atoms with E-state index in [0.717, 1.165) is 0 Å². The standard InChI is InChI=1S/C20H20N4O4S/c1-27-15-7-3-5-13(11-15)18(25)21-10-9-17-23-24-20(29-17)22-19(26)14-6-4-8-16(12-14)28-2/h3-8,11-12H,9-10H2,1-2H3,(H,21,25)(H,22,24,26). The highest BCUT2D eigenvalue weighted by atomic mass is 32.1. The minimum atomic E-state index is -0.294. The monoisotopic (exact) mass is 412 g/mol. The Balaban J connectivity index is 1.51. The molecule has 9 heteroatoms. The van der Waals surface area contributed by atoms with Gasteiger partial charge in [-0.3, -0.25) is 14.9 Å². The van der Waals surface area contributed by atoms with Gasteiger partial charge in [0.25, 0.3) is 11.8 Å². The molecule has 2 aromatic carbocycles. The number of rotatable bonds is 8.